The molecule has 3 aromatic heterocycles. The highest BCUT2D eigenvalue weighted by atomic mass is 32.1. The molecule has 0 unspecified atom stereocenters. The van der Waals surface area contributed by atoms with E-state index < -0.39 is 0 Å². The lowest BCUT2D eigenvalue weighted by Gasteiger charge is -1.87. The van der Waals surface area contributed by atoms with Crippen molar-refractivity contribution in [1.29, 1.82) is 5.26 Å². The number of thiophene rings is 2. The molecule has 0 aliphatic rings. The summed E-state index contributed by atoms with van der Waals surface area (Å²) >= 11 is 4.96. The minimum absolute atomic E-state index is 0.750. The molecule has 0 N–H and O–H groups in total. The average Bonchev–Trinajstić information content (AvgIpc) is 3.30. The van der Waals surface area contributed by atoms with Gasteiger partial charge in [0.25, 0.3) is 0 Å². The second-order valence-corrected chi connectivity index (χ2v) is 8.09. The van der Waals surface area contributed by atoms with Crippen molar-refractivity contribution in [3.05, 3.63) is 63.3 Å². The molecule has 23 heavy (non-hydrogen) atoms. The molecule has 0 amide bonds. The SMILES string of the molecule is N#Cc1ccc(-c2ccc(/C=C/c3nc4ccccc4s3)s2)s1. The molecule has 0 bridgehead atoms. The third-order valence-electron chi connectivity index (χ3n) is 3.29. The van der Waals surface area contributed by atoms with Crippen molar-refractivity contribution in [2.75, 3.05) is 0 Å². The average molecular weight is 350 g/mol. The Labute approximate surface area is 145 Å². The minimum atomic E-state index is 0.750. The highest BCUT2D eigenvalue weighted by Crippen LogP contribution is 2.34. The number of fused-ring (bicyclic) bond motifs is 1. The van der Waals surface area contributed by atoms with E-state index in [4.69, 9.17) is 5.26 Å². The van der Waals surface area contributed by atoms with E-state index in [9.17, 15) is 0 Å². The topological polar surface area (TPSA) is 36.7 Å². The number of thiazole rings is 1. The summed E-state index contributed by atoms with van der Waals surface area (Å²) in [6.07, 6.45) is 4.17. The first kappa shape index (κ1) is 14.3. The first-order chi connectivity index (χ1) is 11.3. The van der Waals surface area contributed by atoms with Gasteiger partial charge in [-0.3, -0.25) is 0 Å². The molecule has 0 radical (unpaired) electrons. The van der Waals surface area contributed by atoms with Gasteiger partial charge in [-0.25, -0.2) is 4.98 Å². The largest absolute Gasteiger partial charge is 0.237 e. The summed E-state index contributed by atoms with van der Waals surface area (Å²) in [5.41, 5.74) is 1.05. The van der Waals surface area contributed by atoms with Crippen LogP contribution in [0.5, 0.6) is 0 Å². The molecular weight excluding hydrogens is 340 g/mol. The van der Waals surface area contributed by atoms with Crippen molar-refractivity contribution in [2.24, 2.45) is 0 Å². The molecule has 0 saturated heterocycles. The summed E-state index contributed by atoms with van der Waals surface area (Å²) in [6, 6.07) is 18.5. The van der Waals surface area contributed by atoms with Crippen molar-refractivity contribution in [3.63, 3.8) is 0 Å². The van der Waals surface area contributed by atoms with E-state index >= 15 is 0 Å². The van der Waals surface area contributed by atoms with Gasteiger partial charge in [-0.15, -0.1) is 34.0 Å². The number of rotatable bonds is 3. The molecular formula is C18H10N2S3. The quantitative estimate of drug-likeness (QED) is 0.446. The molecule has 0 saturated carbocycles. The monoisotopic (exact) mass is 350 g/mol. The molecule has 3 heterocycles. The summed E-state index contributed by atoms with van der Waals surface area (Å²) in [6.45, 7) is 0. The Morgan fingerprint density at radius 3 is 2.52 bits per heavy atom. The van der Waals surface area contributed by atoms with Crippen LogP contribution < -0.4 is 0 Å². The normalized spacial score (nSPS) is 11.3. The van der Waals surface area contributed by atoms with Gasteiger partial charge >= 0.3 is 0 Å². The van der Waals surface area contributed by atoms with E-state index in [0.717, 1.165) is 20.3 Å². The number of nitrogens with zero attached hydrogens (tertiary/aromatic N) is 2. The van der Waals surface area contributed by atoms with Gasteiger partial charge in [0.2, 0.25) is 0 Å². The van der Waals surface area contributed by atoms with E-state index in [1.807, 2.05) is 30.3 Å². The number of aromatic nitrogens is 1. The van der Waals surface area contributed by atoms with Crippen LogP contribution in [0, 0.1) is 11.3 Å². The fourth-order valence-electron chi connectivity index (χ4n) is 2.22. The molecule has 2 nitrogen and oxygen atoms in total. The molecule has 0 aliphatic heterocycles. The Hall–Kier alpha value is -2.26. The predicted octanol–water partition coefficient (Wildman–Crippen LogP) is 6.13. The van der Waals surface area contributed by atoms with E-state index in [2.05, 4.69) is 41.4 Å². The van der Waals surface area contributed by atoms with Crippen molar-refractivity contribution in [2.45, 2.75) is 0 Å². The van der Waals surface area contributed by atoms with Crippen molar-refractivity contribution in [3.8, 4) is 15.8 Å². The summed E-state index contributed by atoms with van der Waals surface area (Å²) < 4.78 is 1.21. The molecule has 0 spiro atoms. The van der Waals surface area contributed by atoms with E-state index in [0.29, 0.717) is 0 Å². The second-order valence-electron chi connectivity index (χ2n) is 4.83. The van der Waals surface area contributed by atoms with Crippen LogP contribution >= 0.6 is 34.0 Å². The molecule has 110 valence electrons. The summed E-state index contributed by atoms with van der Waals surface area (Å²) in [5, 5.41) is 9.94. The molecule has 5 heteroatoms. The van der Waals surface area contributed by atoms with Crippen LogP contribution in [0.3, 0.4) is 0 Å². The smallest absolute Gasteiger partial charge is 0.117 e. The van der Waals surface area contributed by atoms with E-state index in [1.54, 1.807) is 22.7 Å². The fraction of sp³-hybridized carbons (Fsp3) is 0. The maximum atomic E-state index is 8.92. The summed E-state index contributed by atoms with van der Waals surface area (Å²) in [5.74, 6) is 0. The molecule has 1 aromatic carbocycles. The standard InChI is InChI=1S/C18H10N2S3/c19-11-13-6-9-17(22-13)16-8-5-12(21-16)7-10-18-20-14-3-1-2-4-15(14)23-18/h1-10H/b10-7+. The minimum Gasteiger partial charge on any atom is -0.237 e. The van der Waals surface area contributed by atoms with Crippen LogP contribution in [0.15, 0.2) is 48.5 Å². The van der Waals surface area contributed by atoms with Crippen molar-refractivity contribution < 1.29 is 0 Å². The van der Waals surface area contributed by atoms with Crippen LogP contribution in [-0.2, 0) is 0 Å². The first-order valence-electron chi connectivity index (χ1n) is 6.95. The summed E-state index contributed by atoms with van der Waals surface area (Å²) in [7, 11) is 0. The summed E-state index contributed by atoms with van der Waals surface area (Å²) in [4.78, 5) is 8.89. The number of nitriles is 1. The van der Waals surface area contributed by atoms with E-state index in [-0.39, 0.29) is 0 Å². The van der Waals surface area contributed by atoms with Gasteiger partial charge in [-0.05, 0) is 48.6 Å². The lowest BCUT2D eigenvalue weighted by molar-refractivity contribution is 1.47. The Morgan fingerprint density at radius 1 is 0.870 bits per heavy atom. The number of benzene rings is 1. The third-order valence-corrected chi connectivity index (χ3v) is 6.52. The zero-order valence-electron chi connectivity index (χ0n) is 11.9. The Kier molecular flexibility index (Phi) is 3.80. The van der Waals surface area contributed by atoms with Gasteiger partial charge in [0.05, 0.1) is 10.2 Å². The Balaban J connectivity index is 1.58. The fourth-order valence-corrected chi connectivity index (χ4v) is 4.89. The van der Waals surface area contributed by atoms with Crippen molar-refractivity contribution >= 4 is 56.4 Å². The highest BCUT2D eigenvalue weighted by Gasteiger charge is 2.05. The third kappa shape index (κ3) is 2.97. The van der Waals surface area contributed by atoms with Gasteiger partial charge in [-0.2, -0.15) is 5.26 Å². The van der Waals surface area contributed by atoms with Gasteiger partial charge in [0.1, 0.15) is 16.0 Å². The zero-order valence-corrected chi connectivity index (χ0v) is 14.3. The van der Waals surface area contributed by atoms with Gasteiger partial charge < -0.3 is 0 Å². The molecule has 4 rings (SSSR count). The van der Waals surface area contributed by atoms with Gasteiger partial charge in [-0.1, -0.05) is 12.1 Å². The Bertz CT molecular complexity index is 1010. The van der Waals surface area contributed by atoms with Crippen LogP contribution in [0.1, 0.15) is 14.8 Å². The van der Waals surface area contributed by atoms with Crippen molar-refractivity contribution in [1.82, 2.24) is 4.98 Å². The number of hydrogen-bond donors (Lipinski definition) is 0. The predicted molar refractivity (Wildman–Crippen MR) is 101 cm³/mol. The molecule has 0 fully saturated rings. The molecule has 0 aliphatic carbocycles. The maximum Gasteiger partial charge on any atom is 0.117 e. The number of para-hydroxylation sites is 1. The van der Waals surface area contributed by atoms with Crippen LogP contribution in [0.4, 0.5) is 0 Å². The van der Waals surface area contributed by atoms with Crippen LogP contribution in [-0.4, -0.2) is 4.98 Å². The molecule has 4 aromatic rings. The van der Waals surface area contributed by atoms with Crippen LogP contribution in [0.2, 0.25) is 0 Å². The van der Waals surface area contributed by atoms with Gasteiger partial charge in [0, 0.05) is 14.6 Å². The molecule has 0 atom stereocenters. The number of hydrogen-bond acceptors (Lipinski definition) is 5. The Morgan fingerprint density at radius 2 is 1.70 bits per heavy atom. The lowest BCUT2D eigenvalue weighted by atomic mass is 10.3. The second kappa shape index (κ2) is 6.09. The van der Waals surface area contributed by atoms with Gasteiger partial charge in [0.15, 0.2) is 0 Å². The lowest BCUT2D eigenvalue weighted by Crippen LogP contribution is -1.67. The maximum absolute atomic E-state index is 8.92. The van der Waals surface area contributed by atoms with E-state index in [1.165, 1.54) is 25.8 Å². The van der Waals surface area contributed by atoms with Crippen LogP contribution in [0.25, 0.3) is 32.1 Å². The first-order valence-corrected chi connectivity index (χ1v) is 9.40. The zero-order chi connectivity index (χ0) is 15.6. The highest BCUT2D eigenvalue weighted by molar-refractivity contribution is 7.23.